The van der Waals surface area contributed by atoms with E-state index >= 15 is 0 Å². The number of hydrogen-bond donors (Lipinski definition) is 2. The first-order valence-electron chi connectivity index (χ1n) is 4.74. The Morgan fingerprint density at radius 2 is 2.07 bits per heavy atom. The van der Waals surface area contributed by atoms with E-state index in [4.69, 9.17) is 0 Å². The molecule has 1 amide bonds. The molecule has 0 aliphatic carbocycles. The molecule has 3 nitrogen and oxygen atoms in total. The van der Waals surface area contributed by atoms with Gasteiger partial charge in [-0.05, 0) is 25.3 Å². The average molecular weight is 208 g/mol. The van der Waals surface area contributed by atoms with Crippen LogP contribution < -0.4 is 11.1 Å². The van der Waals surface area contributed by atoms with Crippen LogP contribution in [0.25, 0.3) is 0 Å². The number of nitrogens with two attached hydrogens (primary N) is 1. The van der Waals surface area contributed by atoms with E-state index in [0.29, 0.717) is 12.5 Å². The summed E-state index contributed by atoms with van der Waals surface area (Å²) in [4.78, 5) is 10.2. The number of carbonyl (C=O) groups is 1. The second kappa shape index (κ2) is 5.90. The molecule has 0 unspecified atom stereocenters. The van der Waals surface area contributed by atoms with Crippen LogP contribution in [0.2, 0.25) is 0 Å². The molecule has 0 aromatic rings. The van der Waals surface area contributed by atoms with Crippen LogP contribution in [0.15, 0.2) is 0 Å². The minimum Gasteiger partial charge on any atom is -0.364 e. The van der Waals surface area contributed by atoms with E-state index in [2.05, 4.69) is 24.9 Å². The molecular weight excluding hydrogens is 190 g/mol. The third kappa shape index (κ3) is 5.85. The molecule has 0 atom stereocenters. The Kier molecular flexibility index (Phi) is 5.60. The van der Waals surface area contributed by atoms with Crippen LogP contribution in [0.4, 0.5) is 8.78 Å². The Balaban J connectivity index is 3.49. The highest BCUT2D eigenvalue weighted by molar-refractivity contribution is 5.81. The lowest BCUT2D eigenvalue weighted by Gasteiger charge is -2.13. The quantitative estimate of drug-likeness (QED) is 0.616. The van der Waals surface area contributed by atoms with Crippen molar-refractivity contribution in [2.24, 2.45) is 11.7 Å². The molecule has 0 bridgehead atoms. The van der Waals surface area contributed by atoms with Gasteiger partial charge in [0.05, 0.1) is 6.54 Å². The van der Waals surface area contributed by atoms with Gasteiger partial charge in [-0.15, -0.1) is 0 Å². The van der Waals surface area contributed by atoms with Crippen molar-refractivity contribution in [3.05, 3.63) is 0 Å². The molecule has 0 saturated heterocycles. The highest BCUT2D eigenvalue weighted by atomic mass is 19.3. The number of halogens is 2. The van der Waals surface area contributed by atoms with Crippen molar-refractivity contribution in [1.82, 2.24) is 5.32 Å². The average Bonchev–Trinajstić information content (AvgIpc) is 2.02. The third-order valence-corrected chi connectivity index (χ3v) is 1.84. The van der Waals surface area contributed by atoms with Gasteiger partial charge in [0.1, 0.15) is 0 Å². The van der Waals surface area contributed by atoms with E-state index in [-0.39, 0.29) is 0 Å². The maximum absolute atomic E-state index is 12.6. The summed E-state index contributed by atoms with van der Waals surface area (Å²) >= 11 is 0. The summed E-state index contributed by atoms with van der Waals surface area (Å²) in [6.07, 6.45) is 1.81. The molecule has 14 heavy (non-hydrogen) atoms. The van der Waals surface area contributed by atoms with E-state index in [1.807, 2.05) is 0 Å². The molecule has 3 N–H and O–H groups in total. The van der Waals surface area contributed by atoms with Crippen LogP contribution in [-0.2, 0) is 4.79 Å². The number of alkyl halides is 2. The van der Waals surface area contributed by atoms with Gasteiger partial charge < -0.3 is 11.1 Å². The molecule has 0 aliphatic rings. The normalized spacial score (nSPS) is 12.1. The maximum atomic E-state index is 12.6. The van der Waals surface area contributed by atoms with Crippen LogP contribution >= 0.6 is 0 Å². The minimum atomic E-state index is -3.43. The number of carbonyl (C=O) groups excluding carboxylic acids is 1. The highest BCUT2D eigenvalue weighted by Crippen LogP contribution is 2.10. The number of amides is 1. The molecule has 0 fully saturated rings. The molecule has 0 heterocycles. The number of primary amides is 1. The Hall–Kier alpha value is -0.710. The standard InChI is InChI=1S/C9H18F2N2O/c1-7(2)4-3-5-13-6-9(10,11)8(12)14/h7,13H,3-6H2,1-2H3,(H2,12,14). The first-order chi connectivity index (χ1) is 6.36. The second-order valence-electron chi connectivity index (χ2n) is 3.78. The van der Waals surface area contributed by atoms with Crippen molar-refractivity contribution in [3.63, 3.8) is 0 Å². The molecule has 0 rings (SSSR count). The fraction of sp³-hybridized carbons (Fsp3) is 0.889. The Bertz CT molecular complexity index is 184. The molecule has 5 heteroatoms. The van der Waals surface area contributed by atoms with Gasteiger partial charge in [0, 0.05) is 0 Å². The zero-order valence-electron chi connectivity index (χ0n) is 8.65. The van der Waals surface area contributed by atoms with Gasteiger partial charge in [-0.3, -0.25) is 4.79 Å². The molecule has 0 aromatic heterocycles. The van der Waals surface area contributed by atoms with E-state index in [1.54, 1.807) is 0 Å². The zero-order chi connectivity index (χ0) is 11.2. The fourth-order valence-electron chi connectivity index (χ4n) is 0.968. The third-order valence-electron chi connectivity index (χ3n) is 1.84. The molecule has 0 aromatic carbocycles. The fourth-order valence-corrected chi connectivity index (χ4v) is 0.968. The van der Waals surface area contributed by atoms with Gasteiger partial charge in [-0.1, -0.05) is 13.8 Å². The van der Waals surface area contributed by atoms with Crippen molar-refractivity contribution in [3.8, 4) is 0 Å². The second-order valence-corrected chi connectivity index (χ2v) is 3.78. The van der Waals surface area contributed by atoms with Crippen LogP contribution in [-0.4, -0.2) is 24.9 Å². The lowest BCUT2D eigenvalue weighted by molar-refractivity contribution is -0.141. The highest BCUT2D eigenvalue weighted by Gasteiger charge is 2.35. The summed E-state index contributed by atoms with van der Waals surface area (Å²) in [5.74, 6) is -4.44. The van der Waals surface area contributed by atoms with Crippen molar-refractivity contribution >= 4 is 5.91 Å². The molecule has 0 radical (unpaired) electrons. The first-order valence-corrected chi connectivity index (χ1v) is 4.74. The minimum absolute atomic E-state index is 0.487. The molecule has 0 aliphatic heterocycles. The van der Waals surface area contributed by atoms with E-state index in [0.717, 1.165) is 12.8 Å². The Morgan fingerprint density at radius 1 is 1.50 bits per heavy atom. The van der Waals surface area contributed by atoms with Gasteiger partial charge in [-0.2, -0.15) is 8.78 Å². The van der Waals surface area contributed by atoms with Crippen LogP contribution in [0.3, 0.4) is 0 Å². The first kappa shape index (κ1) is 13.3. The SMILES string of the molecule is CC(C)CCCNCC(F)(F)C(N)=O. The summed E-state index contributed by atoms with van der Waals surface area (Å²) in [5, 5.41) is 2.51. The number of rotatable bonds is 7. The van der Waals surface area contributed by atoms with Crippen LogP contribution in [0, 0.1) is 5.92 Å². The zero-order valence-corrected chi connectivity index (χ0v) is 8.65. The van der Waals surface area contributed by atoms with Gasteiger partial charge in [-0.25, -0.2) is 0 Å². The van der Waals surface area contributed by atoms with Gasteiger partial charge >= 0.3 is 5.92 Å². The lowest BCUT2D eigenvalue weighted by atomic mass is 10.1. The topological polar surface area (TPSA) is 55.1 Å². The van der Waals surface area contributed by atoms with Gasteiger partial charge in [0.15, 0.2) is 0 Å². The number of hydrogen-bond acceptors (Lipinski definition) is 2. The van der Waals surface area contributed by atoms with Crippen LogP contribution in [0.1, 0.15) is 26.7 Å². The molecular formula is C9H18F2N2O. The van der Waals surface area contributed by atoms with E-state index in [1.165, 1.54) is 0 Å². The predicted molar refractivity (Wildman–Crippen MR) is 51.1 cm³/mol. The maximum Gasteiger partial charge on any atom is 0.336 e. The lowest BCUT2D eigenvalue weighted by Crippen LogP contribution is -2.44. The molecule has 0 spiro atoms. The van der Waals surface area contributed by atoms with E-state index < -0.39 is 18.4 Å². The monoisotopic (exact) mass is 208 g/mol. The van der Waals surface area contributed by atoms with E-state index in [9.17, 15) is 13.6 Å². The Labute approximate surface area is 83.0 Å². The summed E-state index contributed by atoms with van der Waals surface area (Å²) in [6, 6.07) is 0. The van der Waals surface area contributed by atoms with Gasteiger partial charge in [0.2, 0.25) is 0 Å². The summed E-state index contributed by atoms with van der Waals surface area (Å²) in [6.45, 7) is 3.96. The summed E-state index contributed by atoms with van der Waals surface area (Å²) in [5.41, 5.74) is 4.50. The summed E-state index contributed by atoms with van der Waals surface area (Å²) < 4.78 is 25.2. The molecule has 84 valence electrons. The molecule has 0 saturated carbocycles. The predicted octanol–water partition coefficient (Wildman–Crippen LogP) is 1.13. The Morgan fingerprint density at radius 3 is 2.50 bits per heavy atom. The smallest absolute Gasteiger partial charge is 0.336 e. The van der Waals surface area contributed by atoms with Crippen LogP contribution in [0.5, 0.6) is 0 Å². The number of nitrogens with one attached hydrogen (secondary N) is 1. The van der Waals surface area contributed by atoms with Gasteiger partial charge in [0.25, 0.3) is 5.91 Å². The van der Waals surface area contributed by atoms with Crippen molar-refractivity contribution in [2.45, 2.75) is 32.6 Å². The van der Waals surface area contributed by atoms with Crippen molar-refractivity contribution < 1.29 is 13.6 Å². The largest absolute Gasteiger partial charge is 0.364 e. The van der Waals surface area contributed by atoms with Crippen molar-refractivity contribution in [2.75, 3.05) is 13.1 Å². The van der Waals surface area contributed by atoms with Crippen molar-refractivity contribution in [1.29, 1.82) is 0 Å². The summed E-state index contributed by atoms with van der Waals surface area (Å²) in [7, 11) is 0.